The molecule has 0 radical (unpaired) electrons. The van der Waals surface area contributed by atoms with Gasteiger partial charge in [0.15, 0.2) is 9.84 Å². The molecule has 9 nitrogen and oxygen atoms in total. The van der Waals surface area contributed by atoms with E-state index < -0.39 is 45.6 Å². The number of benzene rings is 2. The molecule has 0 heterocycles. The van der Waals surface area contributed by atoms with Crippen molar-refractivity contribution in [3.8, 4) is 0 Å². The van der Waals surface area contributed by atoms with Crippen molar-refractivity contribution in [3.63, 3.8) is 0 Å². The molecule has 0 saturated carbocycles. The third-order valence-corrected chi connectivity index (χ3v) is 6.59. The van der Waals surface area contributed by atoms with Gasteiger partial charge in [-0.3, -0.25) is 4.79 Å². The summed E-state index contributed by atoms with van der Waals surface area (Å²) in [6.45, 7) is 3.36. The highest BCUT2D eigenvalue weighted by atomic mass is 32.2. The quantitative estimate of drug-likeness (QED) is 0.452. The zero-order chi connectivity index (χ0) is 24.4. The van der Waals surface area contributed by atoms with E-state index in [2.05, 4.69) is 10.6 Å². The summed E-state index contributed by atoms with van der Waals surface area (Å²) in [7, 11) is -3.72. The molecule has 0 aromatic heterocycles. The Hall–Kier alpha value is -3.40. The van der Waals surface area contributed by atoms with Crippen LogP contribution in [0.2, 0.25) is 0 Å². The first-order chi connectivity index (χ1) is 15.6. The van der Waals surface area contributed by atoms with E-state index in [9.17, 15) is 27.9 Å². The molecule has 0 unspecified atom stereocenters. The molecule has 0 bridgehead atoms. The van der Waals surface area contributed by atoms with Crippen LogP contribution in [0.1, 0.15) is 25.8 Å². The van der Waals surface area contributed by atoms with E-state index in [1.165, 1.54) is 12.1 Å². The van der Waals surface area contributed by atoms with Crippen molar-refractivity contribution in [1.82, 2.24) is 10.6 Å². The number of alkyl carbamates (subject to hydrolysis) is 1. The van der Waals surface area contributed by atoms with Gasteiger partial charge in [0.2, 0.25) is 5.91 Å². The average molecular weight is 477 g/mol. The van der Waals surface area contributed by atoms with Gasteiger partial charge in [0.25, 0.3) is 0 Å². The van der Waals surface area contributed by atoms with E-state index >= 15 is 0 Å². The van der Waals surface area contributed by atoms with Crippen LogP contribution in [0.15, 0.2) is 65.6 Å². The number of ether oxygens (including phenoxy) is 1. The van der Waals surface area contributed by atoms with Gasteiger partial charge in [0, 0.05) is 0 Å². The third-order valence-electron chi connectivity index (χ3n) is 4.83. The van der Waals surface area contributed by atoms with E-state index in [-0.39, 0.29) is 23.8 Å². The fraction of sp³-hybridized carbons (Fsp3) is 0.348. The number of amides is 2. The van der Waals surface area contributed by atoms with E-state index in [1.807, 2.05) is 6.07 Å². The van der Waals surface area contributed by atoms with Gasteiger partial charge < -0.3 is 20.5 Å². The molecule has 0 aliphatic carbocycles. The van der Waals surface area contributed by atoms with Crippen molar-refractivity contribution >= 4 is 27.8 Å². The van der Waals surface area contributed by atoms with Crippen LogP contribution in [0.25, 0.3) is 0 Å². The lowest BCUT2D eigenvalue weighted by Crippen LogP contribution is -2.54. The van der Waals surface area contributed by atoms with E-state index in [1.54, 1.807) is 56.3 Å². The number of carbonyl (C=O) groups excluding carboxylic acids is 2. The summed E-state index contributed by atoms with van der Waals surface area (Å²) in [5, 5.41) is 14.3. The maximum atomic E-state index is 12.7. The normalized spacial score (nSPS) is 13.1. The van der Waals surface area contributed by atoms with Crippen LogP contribution in [-0.4, -0.2) is 49.3 Å². The molecule has 0 aliphatic rings. The van der Waals surface area contributed by atoms with Crippen molar-refractivity contribution in [2.24, 2.45) is 5.92 Å². The summed E-state index contributed by atoms with van der Waals surface area (Å²) in [5.41, 5.74) is 0.767. The number of carboxylic acids is 1. The Bertz CT molecular complexity index is 1040. The Morgan fingerprint density at radius 1 is 0.939 bits per heavy atom. The number of rotatable bonds is 11. The van der Waals surface area contributed by atoms with E-state index in [0.717, 1.165) is 5.56 Å². The van der Waals surface area contributed by atoms with Gasteiger partial charge in [-0.25, -0.2) is 18.0 Å². The molecule has 2 aromatic rings. The number of aliphatic carboxylic acids is 1. The van der Waals surface area contributed by atoms with Gasteiger partial charge in [-0.1, -0.05) is 62.4 Å². The topological polar surface area (TPSA) is 139 Å². The lowest BCUT2D eigenvalue weighted by atomic mass is 10.0. The maximum Gasteiger partial charge on any atom is 0.408 e. The molecule has 0 fully saturated rings. The lowest BCUT2D eigenvalue weighted by Gasteiger charge is -2.23. The zero-order valence-electron chi connectivity index (χ0n) is 18.4. The van der Waals surface area contributed by atoms with Gasteiger partial charge in [-0.05, 0) is 30.0 Å². The van der Waals surface area contributed by atoms with Gasteiger partial charge in [-0.15, -0.1) is 0 Å². The van der Waals surface area contributed by atoms with Crippen LogP contribution in [0.4, 0.5) is 4.79 Å². The molecule has 10 heteroatoms. The largest absolute Gasteiger partial charge is 0.480 e. The summed E-state index contributed by atoms with van der Waals surface area (Å²) in [6, 6.07) is 14.1. The first kappa shape index (κ1) is 25.9. The minimum atomic E-state index is -3.72. The Morgan fingerprint density at radius 2 is 1.52 bits per heavy atom. The second-order valence-electron chi connectivity index (χ2n) is 7.75. The minimum Gasteiger partial charge on any atom is -0.480 e. The zero-order valence-corrected chi connectivity index (χ0v) is 19.2. The van der Waals surface area contributed by atoms with Crippen LogP contribution in [0, 0.1) is 5.92 Å². The van der Waals surface area contributed by atoms with E-state index in [4.69, 9.17) is 4.74 Å². The first-order valence-corrected chi connectivity index (χ1v) is 12.0. The molecule has 0 aliphatic heterocycles. The van der Waals surface area contributed by atoms with Gasteiger partial charge >= 0.3 is 12.1 Å². The van der Waals surface area contributed by atoms with Gasteiger partial charge in [0.05, 0.1) is 10.6 Å². The standard InChI is InChI=1S/C23H28N2O7S/c1-16(2)20(25-23(29)32-15-17-9-5-3-6-10-17)21(26)24-19(22(27)28)13-14-33(30,31)18-11-7-4-8-12-18/h3-12,16,19-20H,13-15H2,1-2H3,(H,24,26)(H,25,29)(H,27,28)/t19-,20-/m1/s1. The van der Waals surface area contributed by atoms with Crippen LogP contribution in [-0.2, 0) is 30.8 Å². The predicted molar refractivity (Wildman–Crippen MR) is 121 cm³/mol. The van der Waals surface area contributed by atoms with Crippen molar-refractivity contribution in [2.45, 2.75) is 43.9 Å². The number of carbonyl (C=O) groups is 3. The molecule has 178 valence electrons. The van der Waals surface area contributed by atoms with E-state index in [0.29, 0.717) is 0 Å². The Labute approximate surface area is 193 Å². The molecule has 2 aromatic carbocycles. The molecule has 3 N–H and O–H groups in total. The molecule has 0 saturated heterocycles. The molecule has 2 amide bonds. The third kappa shape index (κ3) is 8.23. The molecular formula is C23H28N2O7S. The maximum absolute atomic E-state index is 12.7. The van der Waals surface area contributed by atoms with Gasteiger partial charge in [0.1, 0.15) is 18.7 Å². The molecule has 0 spiro atoms. The highest BCUT2D eigenvalue weighted by molar-refractivity contribution is 7.91. The Balaban J connectivity index is 1.97. The van der Waals surface area contributed by atoms with Crippen molar-refractivity contribution in [2.75, 3.05) is 5.75 Å². The molecule has 33 heavy (non-hydrogen) atoms. The summed E-state index contributed by atoms with van der Waals surface area (Å²) in [5.74, 6) is -2.96. The minimum absolute atomic E-state index is 0.00814. The fourth-order valence-corrected chi connectivity index (χ4v) is 4.32. The van der Waals surface area contributed by atoms with Crippen molar-refractivity contribution < 1.29 is 32.6 Å². The molecular weight excluding hydrogens is 448 g/mol. The smallest absolute Gasteiger partial charge is 0.408 e. The second kappa shape index (κ2) is 12.0. The second-order valence-corrected chi connectivity index (χ2v) is 9.86. The number of hydrogen-bond donors (Lipinski definition) is 3. The molecule has 2 atom stereocenters. The predicted octanol–water partition coefficient (Wildman–Crippen LogP) is 2.37. The number of sulfone groups is 1. The average Bonchev–Trinajstić information content (AvgIpc) is 2.79. The SMILES string of the molecule is CC(C)[C@@H](NC(=O)OCc1ccccc1)C(=O)N[C@H](CCS(=O)(=O)c1ccccc1)C(=O)O. The number of nitrogens with one attached hydrogen (secondary N) is 2. The van der Waals surface area contributed by atoms with Crippen molar-refractivity contribution in [1.29, 1.82) is 0 Å². The fourth-order valence-electron chi connectivity index (χ4n) is 2.96. The monoisotopic (exact) mass is 476 g/mol. The van der Waals surface area contributed by atoms with Crippen LogP contribution in [0.5, 0.6) is 0 Å². The highest BCUT2D eigenvalue weighted by Gasteiger charge is 2.30. The summed E-state index contributed by atoms with van der Waals surface area (Å²) >= 11 is 0. The Morgan fingerprint density at radius 3 is 2.06 bits per heavy atom. The summed E-state index contributed by atoms with van der Waals surface area (Å²) in [6.07, 6.45) is -1.16. The van der Waals surface area contributed by atoms with Gasteiger partial charge in [-0.2, -0.15) is 0 Å². The number of hydrogen-bond acceptors (Lipinski definition) is 6. The first-order valence-electron chi connectivity index (χ1n) is 10.4. The highest BCUT2D eigenvalue weighted by Crippen LogP contribution is 2.13. The lowest BCUT2D eigenvalue weighted by molar-refractivity contribution is -0.142. The number of carboxylic acid groups (broad SMARTS) is 1. The summed E-state index contributed by atoms with van der Waals surface area (Å²) in [4.78, 5) is 36.6. The summed E-state index contributed by atoms with van der Waals surface area (Å²) < 4.78 is 30.0. The Kier molecular flexibility index (Phi) is 9.41. The van der Waals surface area contributed by atoms with Crippen LogP contribution in [0.3, 0.4) is 0 Å². The van der Waals surface area contributed by atoms with Crippen LogP contribution < -0.4 is 10.6 Å². The molecule has 2 rings (SSSR count). The van der Waals surface area contributed by atoms with Crippen molar-refractivity contribution in [3.05, 3.63) is 66.2 Å². The van der Waals surface area contributed by atoms with Crippen LogP contribution >= 0.6 is 0 Å².